The van der Waals surface area contributed by atoms with Gasteiger partial charge in [-0.2, -0.15) is 8.78 Å². The number of alkyl halides is 2. The number of nitrogens with zero attached hydrogens (tertiary/aromatic N) is 3. The van der Waals surface area contributed by atoms with Crippen LogP contribution in [0.15, 0.2) is 53.5 Å². The molecule has 2 heterocycles. The second-order valence-corrected chi connectivity index (χ2v) is 5.25. The van der Waals surface area contributed by atoms with Gasteiger partial charge in [0.05, 0.1) is 11.0 Å². The van der Waals surface area contributed by atoms with Crippen molar-refractivity contribution < 1.29 is 13.5 Å². The first-order valence-electron chi connectivity index (χ1n) is 7.24. The summed E-state index contributed by atoms with van der Waals surface area (Å²) in [5.41, 5.74) is 8.35. The average Bonchev–Trinajstić information content (AvgIpc) is 2.92. The molecule has 24 heavy (non-hydrogen) atoms. The molecule has 1 aromatic heterocycles. The van der Waals surface area contributed by atoms with Crippen LogP contribution in [0.5, 0.6) is 5.75 Å². The second-order valence-electron chi connectivity index (χ2n) is 5.25. The number of imidazole rings is 1. The van der Waals surface area contributed by atoms with E-state index in [2.05, 4.69) is 20.0 Å². The topological polar surface area (TPSA) is 77.5 Å². The van der Waals surface area contributed by atoms with Crippen molar-refractivity contribution in [3.63, 3.8) is 0 Å². The van der Waals surface area contributed by atoms with Gasteiger partial charge in [0.1, 0.15) is 5.75 Å². The average molecular weight is 329 g/mol. The molecule has 0 saturated carbocycles. The van der Waals surface area contributed by atoms with Gasteiger partial charge in [-0.05, 0) is 29.8 Å². The number of rotatable bonds is 3. The van der Waals surface area contributed by atoms with Gasteiger partial charge in [-0.25, -0.2) is 9.98 Å². The Hall–Kier alpha value is -3.16. The zero-order chi connectivity index (χ0) is 16.7. The van der Waals surface area contributed by atoms with Crippen LogP contribution in [0.4, 0.5) is 14.7 Å². The molecular formula is C16H13F2N5O. The number of nitrogens with two attached hydrogens (primary N) is 1. The first kappa shape index (κ1) is 14.4. The number of nitrogens with one attached hydrogen (secondary N) is 1. The van der Waals surface area contributed by atoms with E-state index in [-0.39, 0.29) is 11.7 Å². The lowest BCUT2D eigenvalue weighted by molar-refractivity contribution is -0.0498. The highest BCUT2D eigenvalue weighted by molar-refractivity contribution is 5.94. The van der Waals surface area contributed by atoms with E-state index in [1.54, 1.807) is 12.1 Å². The molecule has 1 atom stereocenters. The zero-order valence-electron chi connectivity index (χ0n) is 12.4. The van der Waals surface area contributed by atoms with Gasteiger partial charge in [0.2, 0.25) is 5.95 Å². The Morgan fingerprint density at radius 1 is 1.12 bits per heavy atom. The molecule has 0 saturated heterocycles. The molecule has 0 fully saturated rings. The second kappa shape index (κ2) is 5.48. The van der Waals surface area contributed by atoms with E-state index in [1.807, 2.05) is 28.8 Å². The summed E-state index contributed by atoms with van der Waals surface area (Å²) in [6.45, 7) is -2.85. The molecule has 6 nitrogen and oxygen atoms in total. The fourth-order valence-corrected chi connectivity index (χ4v) is 2.76. The van der Waals surface area contributed by atoms with E-state index in [0.717, 1.165) is 16.6 Å². The molecule has 3 aromatic rings. The zero-order valence-corrected chi connectivity index (χ0v) is 12.4. The Kier molecular flexibility index (Phi) is 3.30. The molecule has 0 unspecified atom stereocenters. The summed E-state index contributed by atoms with van der Waals surface area (Å²) in [5.74, 6) is 0.924. The molecule has 1 aliphatic heterocycles. The predicted octanol–water partition coefficient (Wildman–Crippen LogP) is 2.92. The lowest BCUT2D eigenvalue weighted by atomic mass is 10.1. The lowest BCUT2D eigenvalue weighted by Gasteiger charge is -2.23. The van der Waals surface area contributed by atoms with Crippen molar-refractivity contribution in [1.29, 1.82) is 0 Å². The van der Waals surface area contributed by atoms with E-state index in [4.69, 9.17) is 5.73 Å². The lowest BCUT2D eigenvalue weighted by Crippen LogP contribution is -2.31. The van der Waals surface area contributed by atoms with Crippen LogP contribution in [0.3, 0.4) is 0 Å². The van der Waals surface area contributed by atoms with Gasteiger partial charge < -0.3 is 10.5 Å². The SMILES string of the molecule is NC1=N[C@@H](c2ccc(OC(F)F)cc2)n2c(nc3ccccc32)N1. The Balaban J connectivity index is 1.79. The maximum atomic E-state index is 12.3. The quantitative estimate of drug-likeness (QED) is 0.774. The molecule has 0 bridgehead atoms. The highest BCUT2D eigenvalue weighted by Crippen LogP contribution is 2.32. The number of aromatic nitrogens is 2. The number of fused-ring (bicyclic) bond motifs is 3. The number of ether oxygens (including phenoxy) is 1. The normalized spacial score (nSPS) is 16.6. The van der Waals surface area contributed by atoms with E-state index >= 15 is 0 Å². The van der Waals surface area contributed by atoms with Gasteiger partial charge in [-0.15, -0.1) is 0 Å². The van der Waals surface area contributed by atoms with Crippen molar-refractivity contribution in [3.05, 3.63) is 54.1 Å². The van der Waals surface area contributed by atoms with Crippen LogP contribution in [0, 0.1) is 0 Å². The minimum Gasteiger partial charge on any atom is -0.435 e. The highest BCUT2D eigenvalue weighted by Gasteiger charge is 2.25. The van der Waals surface area contributed by atoms with Gasteiger partial charge in [-0.1, -0.05) is 24.3 Å². The summed E-state index contributed by atoms with van der Waals surface area (Å²) in [4.78, 5) is 8.93. The number of hydrogen-bond donors (Lipinski definition) is 2. The molecular weight excluding hydrogens is 316 g/mol. The van der Waals surface area contributed by atoms with Crippen LogP contribution in [0.2, 0.25) is 0 Å². The minimum atomic E-state index is -2.85. The van der Waals surface area contributed by atoms with Gasteiger partial charge >= 0.3 is 6.61 Å². The molecule has 0 amide bonds. The first-order chi connectivity index (χ1) is 11.6. The summed E-state index contributed by atoms with van der Waals surface area (Å²) in [5, 5.41) is 2.94. The highest BCUT2D eigenvalue weighted by atomic mass is 19.3. The number of benzene rings is 2. The number of guanidine groups is 1. The molecule has 0 spiro atoms. The number of aliphatic imine (C=N–C) groups is 1. The molecule has 122 valence electrons. The molecule has 2 aromatic carbocycles. The fourth-order valence-electron chi connectivity index (χ4n) is 2.76. The Morgan fingerprint density at radius 2 is 1.88 bits per heavy atom. The summed E-state index contributed by atoms with van der Waals surface area (Å²) >= 11 is 0. The number of anilines is 1. The van der Waals surface area contributed by atoms with E-state index < -0.39 is 12.8 Å². The number of para-hydroxylation sites is 2. The van der Waals surface area contributed by atoms with Gasteiger partial charge in [0, 0.05) is 0 Å². The molecule has 8 heteroatoms. The van der Waals surface area contributed by atoms with Gasteiger partial charge in [0.25, 0.3) is 0 Å². The van der Waals surface area contributed by atoms with E-state index in [0.29, 0.717) is 5.95 Å². The molecule has 4 rings (SSSR count). The Bertz CT molecular complexity index is 920. The van der Waals surface area contributed by atoms with Crippen molar-refractivity contribution in [2.75, 3.05) is 5.32 Å². The summed E-state index contributed by atoms with van der Waals surface area (Å²) in [7, 11) is 0. The van der Waals surface area contributed by atoms with Crippen LogP contribution in [0.25, 0.3) is 11.0 Å². The monoisotopic (exact) mass is 329 g/mol. The van der Waals surface area contributed by atoms with Crippen LogP contribution >= 0.6 is 0 Å². The molecule has 0 aliphatic carbocycles. The summed E-state index contributed by atoms with van der Waals surface area (Å²) in [6, 6.07) is 14.0. The molecule has 3 N–H and O–H groups in total. The van der Waals surface area contributed by atoms with E-state index in [9.17, 15) is 8.78 Å². The molecule has 1 aliphatic rings. The fraction of sp³-hybridized carbons (Fsp3) is 0.125. The summed E-state index contributed by atoms with van der Waals surface area (Å²) in [6.07, 6.45) is -0.436. The molecule has 0 radical (unpaired) electrons. The Morgan fingerprint density at radius 3 is 2.62 bits per heavy atom. The number of hydrogen-bond acceptors (Lipinski definition) is 5. The van der Waals surface area contributed by atoms with Crippen LogP contribution in [0.1, 0.15) is 11.7 Å². The predicted molar refractivity (Wildman–Crippen MR) is 86.2 cm³/mol. The largest absolute Gasteiger partial charge is 0.435 e. The number of halogens is 2. The smallest absolute Gasteiger partial charge is 0.387 e. The third kappa shape index (κ3) is 2.41. The van der Waals surface area contributed by atoms with Gasteiger partial charge in [0.15, 0.2) is 12.1 Å². The van der Waals surface area contributed by atoms with Crippen molar-refractivity contribution >= 4 is 22.9 Å². The third-order valence-corrected chi connectivity index (χ3v) is 3.75. The standard InChI is InChI=1S/C16H13F2N5O/c17-14(18)24-10-7-5-9(6-8-10)13-21-15(19)22-16-20-11-3-1-2-4-12(11)23(13)16/h1-8,13-14H,(H3,19,20,21,22)/t13-/m1/s1. The third-order valence-electron chi connectivity index (χ3n) is 3.75. The van der Waals surface area contributed by atoms with Crippen LogP contribution < -0.4 is 15.8 Å². The van der Waals surface area contributed by atoms with Crippen LogP contribution in [-0.2, 0) is 0 Å². The van der Waals surface area contributed by atoms with Gasteiger partial charge in [-0.3, -0.25) is 9.88 Å². The van der Waals surface area contributed by atoms with Crippen molar-refractivity contribution in [2.45, 2.75) is 12.8 Å². The minimum absolute atomic E-state index is 0.0929. The maximum Gasteiger partial charge on any atom is 0.387 e. The maximum absolute atomic E-state index is 12.3. The van der Waals surface area contributed by atoms with Crippen molar-refractivity contribution in [1.82, 2.24) is 9.55 Å². The van der Waals surface area contributed by atoms with E-state index in [1.165, 1.54) is 12.1 Å². The first-order valence-corrected chi connectivity index (χ1v) is 7.24. The Labute approximate surface area is 135 Å². The van der Waals surface area contributed by atoms with Crippen LogP contribution in [-0.4, -0.2) is 22.1 Å². The van der Waals surface area contributed by atoms with Crippen molar-refractivity contribution in [2.24, 2.45) is 10.7 Å². The summed E-state index contributed by atoms with van der Waals surface area (Å²) < 4.78 is 30.8. The van der Waals surface area contributed by atoms with Crippen molar-refractivity contribution in [3.8, 4) is 5.75 Å².